The fraction of sp³-hybridized carbons (Fsp3) is 0.333. The van der Waals surface area contributed by atoms with Crippen molar-refractivity contribution in [3.8, 4) is 12.3 Å². The lowest BCUT2D eigenvalue weighted by molar-refractivity contribution is 0.238. The van der Waals surface area contributed by atoms with E-state index in [-0.39, 0.29) is 0 Å². The van der Waals surface area contributed by atoms with E-state index in [4.69, 9.17) is 6.42 Å². The SMILES string of the molecule is C#CC(O)c1ccc(C2CC2)cc1. The lowest BCUT2D eigenvalue weighted by Crippen LogP contribution is -1.92. The minimum absolute atomic E-state index is 0.756. The van der Waals surface area contributed by atoms with Crippen LogP contribution >= 0.6 is 0 Å². The molecule has 1 aromatic rings. The molecule has 1 N–H and O–H groups in total. The lowest BCUT2D eigenvalue weighted by Gasteiger charge is -2.04. The van der Waals surface area contributed by atoms with Crippen molar-refractivity contribution < 1.29 is 5.11 Å². The second-order valence-corrected chi connectivity index (χ2v) is 3.51. The van der Waals surface area contributed by atoms with Gasteiger partial charge in [-0.15, -0.1) is 6.42 Å². The molecular weight excluding hydrogens is 160 g/mol. The molecule has 1 atom stereocenters. The first kappa shape index (κ1) is 8.34. The van der Waals surface area contributed by atoms with Crippen molar-refractivity contribution in [2.75, 3.05) is 0 Å². The normalized spacial score (nSPS) is 17.8. The summed E-state index contributed by atoms with van der Waals surface area (Å²) in [6.07, 6.45) is 6.96. The van der Waals surface area contributed by atoms with Crippen LogP contribution in [-0.2, 0) is 0 Å². The maximum atomic E-state index is 9.34. The zero-order valence-corrected chi connectivity index (χ0v) is 7.40. The molecule has 1 fully saturated rings. The van der Waals surface area contributed by atoms with Crippen molar-refractivity contribution in [1.82, 2.24) is 0 Å². The van der Waals surface area contributed by atoms with E-state index in [1.54, 1.807) is 0 Å². The molecule has 1 aliphatic rings. The van der Waals surface area contributed by atoms with Gasteiger partial charge in [-0.3, -0.25) is 0 Å². The van der Waals surface area contributed by atoms with Crippen molar-refractivity contribution in [2.24, 2.45) is 0 Å². The smallest absolute Gasteiger partial charge is 0.139 e. The largest absolute Gasteiger partial charge is 0.376 e. The molecule has 0 bridgehead atoms. The van der Waals surface area contributed by atoms with Gasteiger partial charge in [0.2, 0.25) is 0 Å². The molecule has 0 saturated heterocycles. The van der Waals surface area contributed by atoms with E-state index >= 15 is 0 Å². The number of hydrogen-bond donors (Lipinski definition) is 1. The summed E-state index contributed by atoms with van der Waals surface area (Å²) in [7, 11) is 0. The van der Waals surface area contributed by atoms with Crippen molar-refractivity contribution >= 4 is 0 Å². The highest BCUT2D eigenvalue weighted by Crippen LogP contribution is 2.40. The summed E-state index contributed by atoms with van der Waals surface area (Å²) < 4.78 is 0. The average Bonchev–Trinajstić information content (AvgIpc) is 3.00. The highest BCUT2D eigenvalue weighted by atomic mass is 16.3. The Kier molecular flexibility index (Phi) is 2.08. The van der Waals surface area contributed by atoms with Crippen LogP contribution in [0, 0.1) is 12.3 Å². The summed E-state index contributed by atoms with van der Waals surface area (Å²) >= 11 is 0. The molecule has 13 heavy (non-hydrogen) atoms. The van der Waals surface area contributed by atoms with Gasteiger partial charge in [0.05, 0.1) is 0 Å². The summed E-state index contributed by atoms with van der Waals surface area (Å²) in [6, 6.07) is 7.96. The lowest BCUT2D eigenvalue weighted by atomic mass is 10.1. The van der Waals surface area contributed by atoms with Crippen LogP contribution in [0.15, 0.2) is 24.3 Å². The summed E-state index contributed by atoms with van der Waals surface area (Å²) in [5, 5.41) is 9.34. The molecule has 2 rings (SSSR count). The number of benzene rings is 1. The van der Waals surface area contributed by atoms with Crippen LogP contribution in [0.5, 0.6) is 0 Å². The van der Waals surface area contributed by atoms with Crippen molar-refractivity contribution in [2.45, 2.75) is 24.9 Å². The fourth-order valence-corrected chi connectivity index (χ4v) is 1.46. The highest BCUT2D eigenvalue weighted by Gasteiger charge is 2.23. The van der Waals surface area contributed by atoms with E-state index in [2.05, 4.69) is 18.1 Å². The Bertz CT molecular complexity index is 327. The fourth-order valence-electron chi connectivity index (χ4n) is 1.46. The van der Waals surface area contributed by atoms with Gasteiger partial charge in [-0.05, 0) is 29.9 Å². The molecule has 1 saturated carbocycles. The number of rotatable bonds is 2. The molecule has 0 amide bonds. The minimum atomic E-state index is -0.756. The Morgan fingerprint density at radius 1 is 1.31 bits per heavy atom. The Balaban J connectivity index is 2.18. The number of aliphatic hydroxyl groups is 1. The van der Waals surface area contributed by atoms with E-state index in [1.165, 1.54) is 18.4 Å². The predicted molar refractivity (Wildman–Crippen MR) is 52.2 cm³/mol. The average molecular weight is 172 g/mol. The van der Waals surface area contributed by atoms with Gasteiger partial charge in [-0.1, -0.05) is 30.2 Å². The Morgan fingerprint density at radius 2 is 1.92 bits per heavy atom. The highest BCUT2D eigenvalue weighted by molar-refractivity contribution is 5.31. The molecule has 0 heterocycles. The van der Waals surface area contributed by atoms with Crippen LogP contribution in [0.3, 0.4) is 0 Å². The number of hydrogen-bond acceptors (Lipinski definition) is 1. The maximum absolute atomic E-state index is 9.34. The third kappa shape index (κ3) is 1.74. The van der Waals surface area contributed by atoms with E-state index in [9.17, 15) is 5.11 Å². The maximum Gasteiger partial charge on any atom is 0.139 e. The van der Waals surface area contributed by atoms with Gasteiger partial charge in [-0.2, -0.15) is 0 Å². The van der Waals surface area contributed by atoms with E-state index in [0.717, 1.165) is 11.5 Å². The first-order chi connectivity index (χ1) is 6.31. The molecule has 1 aliphatic carbocycles. The zero-order valence-electron chi connectivity index (χ0n) is 7.40. The molecule has 66 valence electrons. The van der Waals surface area contributed by atoms with Crippen LogP contribution in [-0.4, -0.2) is 5.11 Å². The molecule has 0 spiro atoms. The van der Waals surface area contributed by atoms with Crippen LogP contribution in [0.1, 0.15) is 36.0 Å². The Hall–Kier alpha value is -1.26. The second kappa shape index (κ2) is 3.24. The third-order valence-electron chi connectivity index (χ3n) is 2.46. The van der Waals surface area contributed by atoms with Crippen LogP contribution in [0.2, 0.25) is 0 Å². The molecule has 0 aromatic heterocycles. The molecule has 0 aliphatic heterocycles. The second-order valence-electron chi connectivity index (χ2n) is 3.51. The van der Waals surface area contributed by atoms with Gasteiger partial charge >= 0.3 is 0 Å². The van der Waals surface area contributed by atoms with Crippen LogP contribution < -0.4 is 0 Å². The standard InChI is InChI=1S/C12H12O/c1-2-12(13)11-7-5-10(6-8-11)9-3-4-9/h1,5-9,12-13H,3-4H2. The van der Waals surface area contributed by atoms with Gasteiger partial charge < -0.3 is 5.11 Å². The number of aliphatic hydroxyl groups excluding tert-OH is 1. The van der Waals surface area contributed by atoms with Crippen molar-refractivity contribution in [1.29, 1.82) is 0 Å². The monoisotopic (exact) mass is 172 g/mol. The van der Waals surface area contributed by atoms with Crippen LogP contribution in [0.4, 0.5) is 0 Å². The van der Waals surface area contributed by atoms with Gasteiger partial charge in [0.25, 0.3) is 0 Å². The molecule has 1 unspecified atom stereocenters. The van der Waals surface area contributed by atoms with Gasteiger partial charge in [0, 0.05) is 0 Å². The summed E-state index contributed by atoms with van der Waals surface area (Å²) in [6.45, 7) is 0. The van der Waals surface area contributed by atoms with Gasteiger partial charge in [0.15, 0.2) is 0 Å². The third-order valence-corrected chi connectivity index (χ3v) is 2.46. The first-order valence-electron chi connectivity index (χ1n) is 4.55. The van der Waals surface area contributed by atoms with E-state index < -0.39 is 6.10 Å². The molecule has 1 heteroatoms. The quantitative estimate of drug-likeness (QED) is 0.678. The molecular formula is C12H12O. The minimum Gasteiger partial charge on any atom is -0.376 e. The van der Waals surface area contributed by atoms with E-state index in [1.807, 2.05) is 12.1 Å². The van der Waals surface area contributed by atoms with E-state index in [0.29, 0.717) is 0 Å². The van der Waals surface area contributed by atoms with Crippen molar-refractivity contribution in [3.63, 3.8) is 0 Å². The summed E-state index contributed by atoms with van der Waals surface area (Å²) in [5.41, 5.74) is 2.18. The summed E-state index contributed by atoms with van der Waals surface area (Å²) in [4.78, 5) is 0. The Labute approximate surface area is 78.4 Å². The Morgan fingerprint density at radius 3 is 2.38 bits per heavy atom. The first-order valence-corrected chi connectivity index (χ1v) is 4.55. The topological polar surface area (TPSA) is 20.2 Å². The van der Waals surface area contributed by atoms with Gasteiger partial charge in [-0.25, -0.2) is 0 Å². The molecule has 1 aromatic carbocycles. The molecule has 0 radical (unpaired) electrons. The van der Waals surface area contributed by atoms with Crippen molar-refractivity contribution in [3.05, 3.63) is 35.4 Å². The van der Waals surface area contributed by atoms with Gasteiger partial charge in [0.1, 0.15) is 6.10 Å². The molecule has 1 nitrogen and oxygen atoms in total. The predicted octanol–water partition coefficient (Wildman–Crippen LogP) is 2.23. The number of terminal acetylenes is 1. The zero-order chi connectivity index (χ0) is 9.26. The summed E-state index contributed by atoms with van der Waals surface area (Å²) in [5.74, 6) is 3.06. The van der Waals surface area contributed by atoms with Crippen LogP contribution in [0.25, 0.3) is 0 Å².